The van der Waals surface area contributed by atoms with Gasteiger partial charge in [-0.15, -0.1) is 0 Å². The van der Waals surface area contributed by atoms with Gasteiger partial charge in [0.05, 0.1) is 33.5 Å². The second-order valence-electron chi connectivity index (χ2n) is 16.4. The van der Waals surface area contributed by atoms with Crippen LogP contribution in [0.25, 0.3) is 104 Å². The van der Waals surface area contributed by atoms with Crippen LogP contribution in [0.5, 0.6) is 0 Å². The number of fused-ring (bicyclic) bond motifs is 10. The summed E-state index contributed by atoms with van der Waals surface area (Å²) in [6.07, 6.45) is 0. The normalized spacial score (nSPS) is 11.8. The van der Waals surface area contributed by atoms with E-state index in [1.807, 2.05) is 0 Å². The molecule has 0 saturated carbocycles. The van der Waals surface area contributed by atoms with Crippen LogP contribution in [0.15, 0.2) is 235 Å². The fourth-order valence-electron chi connectivity index (χ4n) is 10.1. The Balaban J connectivity index is 1.02. The molecule has 2 heterocycles. The molecule has 13 rings (SSSR count). The molecule has 0 N–H and O–H groups in total. The summed E-state index contributed by atoms with van der Waals surface area (Å²) in [6, 6.07) is 83.5. The zero-order valence-corrected chi connectivity index (χ0v) is 34.2. The number of hydrogen-bond donors (Lipinski definition) is 0. The van der Waals surface area contributed by atoms with E-state index in [9.17, 15) is 0 Å². The number of para-hydroxylation sites is 2. The summed E-state index contributed by atoms with van der Waals surface area (Å²) in [7, 11) is 0. The predicted octanol–water partition coefficient (Wildman–Crippen LogP) is 16.9. The van der Waals surface area contributed by atoms with Gasteiger partial charge in [0.25, 0.3) is 0 Å². The predicted molar refractivity (Wildman–Crippen MR) is 266 cm³/mol. The van der Waals surface area contributed by atoms with Crippen molar-refractivity contribution in [3.05, 3.63) is 231 Å². The van der Waals surface area contributed by atoms with Crippen molar-refractivity contribution in [3.63, 3.8) is 0 Å². The molecule has 63 heavy (non-hydrogen) atoms. The van der Waals surface area contributed by atoms with Crippen molar-refractivity contribution in [1.82, 2.24) is 4.57 Å². The number of furan rings is 1. The Morgan fingerprint density at radius 2 is 0.984 bits per heavy atom. The summed E-state index contributed by atoms with van der Waals surface area (Å²) in [5, 5.41) is 11.7. The standard InChI is InChI=1S/C60H38N2O/c1-2-15-40(16-3-1)45-34-36-55(49-23-9-8-22-48(45)49)61(57-38-43-18-5-7-21-47(43)60-59(57)51-25-11-13-28-58(51)63-60)44-32-29-39(30-33-44)42-31-35-56-52(37-42)50-24-10-12-26-54(50)62(56)53-27-14-19-41-17-4-6-20-46(41)53/h1-38H. The van der Waals surface area contributed by atoms with Crippen molar-refractivity contribution >= 4 is 93.1 Å². The molecule has 11 aromatic carbocycles. The highest BCUT2D eigenvalue weighted by Gasteiger charge is 2.24. The van der Waals surface area contributed by atoms with E-state index in [2.05, 4.69) is 240 Å². The van der Waals surface area contributed by atoms with Crippen molar-refractivity contribution in [2.45, 2.75) is 0 Å². The zero-order valence-electron chi connectivity index (χ0n) is 34.2. The van der Waals surface area contributed by atoms with E-state index in [0.717, 1.165) is 55.3 Å². The summed E-state index contributed by atoms with van der Waals surface area (Å²) in [4.78, 5) is 2.44. The molecule has 294 valence electrons. The third-order valence-electron chi connectivity index (χ3n) is 13.0. The van der Waals surface area contributed by atoms with Gasteiger partial charge in [0.2, 0.25) is 0 Å². The second kappa shape index (κ2) is 14.1. The van der Waals surface area contributed by atoms with E-state index in [0.29, 0.717) is 0 Å². The van der Waals surface area contributed by atoms with Crippen LogP contribution in [0.1, 0.15) is 0 Å². The van der Waals surface area contributed by atoms with E-state index < -0.39 is 0 Å². The second-order valence-corrected chi connectivity index (χ2v) is 16.4. The summed E-state index contributed by atoms with van der Waals surface area (Å²) in [6.45, 7) is 0. The van der Waals surface area contributed by atoms with Crippen LogP contribution < -0.4 is 4.90 Å². The Labute approximate surface area is 363 Å². The summed E-state index contributed by atoms with van der Waals surface area (Å²) < 4.78 is 9.18. The van der Waals surface area contributed by atoms with Crippen LogP contribution in [-0.4, -0.2) is 4.57 Å². The highest BCUT2D eigenvalue weighted by atomic mass is 16.3. The molecule has 0 aliphatic heterocycles. The lowest BCUT2D eigenvalue weighted by Gasteiger charge is -2.29. The minimum absolute atomic E-state index is 0.877. The van der Waals surface area contributed by atoms with Crippen LogP contribution in [0.4, 0.5) is 17.1 Å². The molecule has 0 fully saturated rings. The summed E-state index contributed by atoms with van der Waals surface area (Å²) in [5.41, 5.74) is 13.3. The average molecular weight is 803 g/mol. The molecule has 13 aromatic rings. The van der Waals surface area contributed by atoms with Gasteiger partial charge in [-0.1, -0.05) is 176 Å². The zero-order chi connectivity index (χ0) is 41.4. The molecular weight excluding hydrogens is 765 g/mol. The Morgan fingerprint density at radius 3 is 1.83 bits per heavy atom. The largest absolute Gasteiger partial charge is 0.455 e. The van der Waals surface area contributed by atoms with Gasteiger partial charge in [-0.25, -0.2) is 0 Å². The van der Waals surface area contributed by atoms with Gasteiger partial charge < -0.3 is 13.9 Å². The third-order valence-corrected chi connectivity index (χ3v) is 13.0. The monoisotopic (exact) mass is 802 g/mol. The first-order valence-electron chi connectivity index (χ1n) is 21.6. The molecule has 0 spiro atoms. The summed E-state index contributed by atoms with van der Waals surface area (Å²) in [5.74, 6) is 0. The van der Waals surface area contributed by atoms with E-state index in [4.69, 9.17) is 4.42 Å². The fraction of sp³-hybridized carbons (Fsp3) is 0. The first kappa shape index (κ1) is 35.4. The van der Waals surface area contributed by atoms with E-state index in [-0.39, 0.29) is 0 Å². The van der Waals surface area contributed by atoms with E-state index >= 15 is 0 Å². The molecule has 0 aliphatic carbocycles. The maximum Gasteiger partial charge on any atom is 0.145 e. The first-order valence-corrected chi connectivity index (χ1v) is 21.6. The molecule has 2 aromatic heterocycles. The average Bonchev–Trinajstić information content (AvgIpc) is 3.91. The van der Waals surface area contributed by atoms with E-state index in [1.54, 1.807) is 0 Å². The molecule has 0 bridgehead atoms. The van der Waals surface area contributed by atoms with Crippen molar-refractivity contribution in [2.24, 2.45) is 0 Å². The van der Waals surface area contributed by atoms with E-state index in [1.165, 1.54) is 65.7 Å². The molecular formula is C60H38N2O. The van der Waals surface area contributed by atoms with Crippen molar-refractivity contribution in [3.8, 4) is 27.9 Å². The SMILES string of the molecule is c1ccc(-c2ccc(N(c3ccc(-c4ccc5c(c4)c4ccccc4n5-c4cccc5ccccc45)cc3)c3cc4ccccc4c4oc5ccccc5c34)c3ccccc23)cc1. The molecule has 0 radical (unpaired) electrons. The molecule has 3 nitrogen and oxygen atoms in total. The van der Waals surface area contributed by atoms with Gasteiger partial charge in [0, 0.05) is 38.0 Å². The van der Waals surface area contributed by atoms with Crippen LogP contribution >= 0.6 is 0 Å². The summed E-state index contributed by atoms with van der Waals surface area (Å²) >= 11 is 0. The Hall–Kier alpha value is -8.40. The topological polar surface area (TPSA) is 21.3 Å². The minimum atomic E-state index is 0.877. The lowest BCUT2D eigenvalue weighted by Crippen LogP contribution is -2.11. The number of nitrogens with zero attached hydrogens (tertiary/aromatic N) is 2. The van der Waals surface area contributed by atoms with Gasteiger partial charge in [0.15, 0.2) is 0 Å². The van der Waals surface area contributed by atoms with Crippen molar-refractivity contribution < 1.29 is 4.42 Å². The quantitative estimate of drug-likeness (QED) is 0.167. The lowest BCUT2D eigenvalue weighted by atomic mass is 9.95. The fourth-order valence-corrected chi connectivity index (χ4v) is 10.1. The van der Waals surface area contributed by atoms with Gasteiger partial charge in [-0.05, 0) is 93.0 Å². The van der Waals surface area contributed by atoms with Gasteiger partial charge in [-0.2, -0.15) is 0 Å². The van der Waals surface area contributed by atoms with Gasteiger partial charge >= 0.3 is 0 Å². The smallest absolute Gasteiger partial charge is 0.145 e. The van der Waals surface area contributed by atoms with Crippen LogP contribution in [0, 0.1) is 0 Å². The number of hydrogen-bond acceptors (Lipinski definition) is 2. The Bertz CT molecular complexity index is 3910. The number of aromatic nitrogens is 1. The van der Waals surface area contributed by atoms with Gasteiger partial charge in [0.1, 0.15) is 11.2 Å². The van der Waals surface area contributed by atoms with Gasteiger partial charge in [-0.3, -0.25) is 0 Å². The number of anilines is 3. The van der Waals surface area contributed by atoms with Crippen LogP contribution in [0.3, 0.4) is 0 Å². The molecule has 0 aliphatic rings. The lowest BCUT2D eigenvalue weighted by molar-refractivity contribution is 0.672. The van der Waals surface area contributed by atoms with Crippen LogP contribution in [-0.2, 0) is 0 Å². The molecule has 0 amide bonds. The molecule has 0 unspecified atom stereocenters. The highest BCUT2D eigenvalue weighted by Crippen LogP contribution is 2.49. The first-order chi connectivity index (χ1) is 31.3. The third kappa shape index (κ3) is 5.53. The number of rotatable bonds is 6. The minimum Gasteiger partial charge on any atom is -0.455 e. The molecule has 0 atom stereocenters. The van der Waals surface area contributed by atoms with Crippen LogP contribution in [0.2, 0.25) is 0 Å². The Morgan fingerprint density at radius 1 is 0.349 bits per heavy atom. The Kier molecular flexibility index (Phi) is 7.91. The maximum absolute atomic E-state index is 6.76. The molecule has 0 saturated heterocycles. The number of benzene rings is 11. The maximum atomic E-state index is 6.76. The van der Waals surface area contributed by atoms with Crippen molar-refractivity contribution in [2.75, 3.05) is 4.90 Å². The van der Waals surface area contributed by atoms with Crippen molar-refractivity contribution in [1.29, 1.82) is 0 Å². The highest BCUT2D eigenvalue weighted by molar-refractivity contribution is 6.23. The molecule has 3 heteroatoms.